The maximum Gasteiger partial charge on any atom is 0.407 e. The number of rotatable bonds is 5. The van der Waals surface area contributed by atoms with Gasteiger partial charge in [0.05, 0.1) is 13.3 Å². The Balaban J connectivity index is 1.91. The van der Waals surface area contributed by atoms with Gasteiger partial charge in [0.2, 0.25) is 0 Å². The summed E-state index contributed by atoms with van der Waals surface area (Å²) in [4.78, 5) is 15.1. The van der Waals surface area contributed by atoms with Crippen LogP contribution in [0.25, 0.3) is 0 Å². The molecule has 1 aromatic heterocycles. The number of nitrogens with one attached hydrogen (secondary N) is 2. The van der Waals surface area contributed by atoms with E-state index in [1.807, 2.05) is 0 Å². The Morgan fingerprint density at radius 3 is 3.20 bits per heavy atom. The molecule has 1 aliphatic rings. The molecule has 20 heavy (non-hydrogen) atoms. The van der Waals surface area contributed by atoms with Crippen molar-refractivity contribution in [2.75, 3.05) is 20.3 Å². The topological polar surface area (TPSA) is 72.5 Å². The molecular formula is C13H18ClN3O3. The molecule has 0 radical (unpaired) electrons. The number of amides is 1. The Morgan fingerprint density at radius 2 is 2.50 bits per heavy atom. The maximum absolute atomic E-state index is 11.0. The van der Waals surface area contributed by atoms with Crippen LogP contribution in [0.5, 0.6) is 5.75 Å². The molecule has 2 heterocycles. The fraction of sp³-hybridized carbons (Fsp3) is 0.538. The largest absolute Gasteiger partial charge is 0.490 e. The summed E-state index contributed by atoms with van der Waals surface area (Å²) < 4.78 is 10.2. The number of carbonyl (C=O) groups excluding carboxylic acids is 1. The first kappa shape index (κ1) is 14.9. The molecule has 0 bridgehead atoms. The van der Waals surface area contributed by atoms with Crippen molar-refractivity contribution in [2.45, 2.75) is 25.4 Å². The molecule has 0 unspecified atom stereocenters. The van der Waals surface area contributed by atoms with Crippen LogP contribution < -0.4 is 15.4 Å². The van der Waals surface area contributed by atoms with Crippen LogP contribution in [-0.2, 0) is 11.3 Å². The summed E-state index contributed by atoms with van der Waals surface area (Å²) in [5.74, 6) is 0.643. The van der Waals surface area contributed by atoms with Gasteiger partial charge in [-0.3, -0.25) is 0 Å². The number of hydrogen-bond acceptors (Lipinski definition) is 5. The maximum atomic E-state index is 11.0. The van der Waals surface area contributed by atoms with E-state index in [0.29, 0.717) is 29.1 Å². The monoisotopic (exact) mass is 299 g/mol. The average Bonchev–Trinajstić information content (AvgIpc) is 2.98. The number of ether oxygens (including phenoxy) is 2. The quantitative estimate of drug-likeness (QED) is 0.810. The van der Waals surface area contributed by atoms with Crippen molar-refractivity contribution >= 4 is 17.7 Å². The standard InChI is InChI=1S/C13H18ClN3O3/c1-19-13(18)17-6-9-5-11(7-16-12(9)14)20-8-10-3-2-4-15-10/h5,7,10,15H,2-4,6,8H2,1H3,(H,17,18)/t10-/m0/s1. The third-order valence-corrected chi connectivity index (χ3v) is 3.45. The number of halogens is 1. The van der Waals surface area contributed by atoms with E-state index in [9.17, 15) is 4.79 Å². The zero-order valence-electron chi connectivity index (χ0n) is 11.3. The predicted molar refractivity (Wildman–Crippen MR) is 75.0 cm³/mol. The second-order valence-corrected chi connectivity index (χ2v) is 4.93. The number of pyridine rings is 1. The molecule has 0 aromatic carbocycles. The van der Waals surface area contributed by atoms with Crippen LogP contribution in [0.15, 0.2) is 12.3 Å². The molecule has 2 rings (SSSR count). The van der Waals surface area contributed by atoms with Crippen molar-refractivity contribution in [1.29, 1.82) is 0 Å². The summed E-state index contributed by atoms with van der Waals surface area (Å²) >= 11 is 5.98. The molecule has 1 atom stereocenters. The normalized spacial score (nSPS) is 17.8. The molecule has 0 saturated carbocycles. The van der Waals surface area contributed by atoms with Gasteiger partial charge in [0, 0.05) is 18.2 Å². The lowest BCUT2D eigenvalue weighted by atomic mass is 10.2. The molecule has 1 amide bonds. The number of alkyl carbamates (subject to hydrolysis) is 1. The first-order chi connectivity index (χ1) is 9.69. The second-order valence-electron chi connectivity index (χ2n) is 4.57. The predicted octanol–water partition coefficient (Wildman–Crippen LogP) is 1.72. The zero-order chi connectivity index (χ0) is 14.4. The highest BCUT2D eigenvalue weighted by atomic mass is 35.5. The SMILES string of the molecule is COC(=O)NCc1cc(OC[C@@H]2CCCN2)cnc1Cl. The van der Waals surface area contributed by atoms with Crippen molar-refractivity contribution in [2.24, 2.45) is 0 Å². The molecule has 1 aromatic rings. The molecule has 110 valence electrons. The summed E-state index contributed by atoms with van der Waals surface area (Å²) in [6.45, 7) is 1.89. The van der Waals surface area contributed by atoms with Crippen molar-refractivity contribution < 1.29 is 14.3 Å². The van der Waals surface area contributed by atoms with E-state index < -0.39 is 6.09 Å². The molecule has 1 saturated heterocycles. The van der Waals surface area contributed by atoms with Gasteiger partial charge in [0.15, 0.2) is 0 Å². The molecule has 1 aliphatic heterocycles. The van der Waals surface area contributed by atoms with Crippen LogP contribution >= 0.6 is 11.6 Å². The Bertz CT molecular complexity index is 464. The number of nitrogens with zero attached hydrogens (tertiary/aromatic N) is 1. The highest BCUT2D eigenvalue weighted by Gasteiger charge is 2.15. The van der Waals surface area contributed by atoms with Gasteiger partial charge in [-0.1, -0.05) is 11.6 Å². The highest BCUT2D eigenvalue weighted by Crippen LogP contribution is 2.19. The third-order valence-electron chi connectivity index (χ3n) is 3.11. The lowest BCUT2D eigenvalue weighted by molar-refractivity contribution is 0.170. The summed E-state index contributed by atoms with van der Waals surface area (Å²) in [7, 11) is 1.31. The Kier molecular flexibility index (Phi) is 5.43. The van der Waals surface area contributed by atoms with Gasteiger partial charge in [0.25, 0.3) is 0 Å². The number of hydrogen-bond donors (Lipinski definition) is 2. The van der Waals surface area contributed by atoms with E-state index in [1.165, 1.54) is 13.5 Å². The second kappa shape index (κ2) is 7.31. The summed E-state index contributed by atoms with van der Waals surface area (Å²) in [6, 6.07) is 2.17. The van der Waals surface area contributed by atoms with E-state index in [-0.39, 0.29) is 6.54 Å². The lowest BCUT2D eigenvalue weighted by Gasteiger charge is -2.13. The number of aromatic nitrogens is 1. The van der Waals surface area contributed by atoms with Crippen LogP contribution in [0.3, 0.4) is 0 Å². The molecule has 0 spiro atoms. The lowest BCUT2D eigenvalue weighted by Crippen LogP contribution is -2.28. The van der Waals surface area contributed by atoms with Crippen molar-refractivity contribution in [3.63, 3.8) is 0 Å². The average molecular weight is 300 g/mol. The minimum atomic E-state index is -0.512. The van der Waals surface area contributed by atoms with Gasteiger partial charge in [0.1, 0.15) is 17.5 Å². The first-order valence-electron chi connectivity index (χ1n) is 6.51. The van der Waals surface area contributed by atoms with Gasteiger partial charge in [-0.05, 0) is 25.5 Å². The van der Waals surface area contributed by atoms with Gasteiger partial charge >= 0.3 is 6.09 Å². The van der Waals surface area contributed by atoms with Crippen molar-refractivity contribution in [3.05, 3.63) is 23.0 Å². The summed E-state index contributed by atoms with van der Waals surface area (Å²) in [6.07, 6.45) is 3.38. The summed E-state index contributed by atoms with van der Waals surface area (Å²) in [5.41, 5.74) is 0.689. The third kappa shape index (κ3) is 4.25. The first-order valence-corrected chi connectivity index (χ1v) is 6.89. The molecule has 0 aliphatic carbocycles. The highest BCUT2D eigenvalue weighted by molar-refractivity contribution is 6.30. The van der Waals surface area contributed by atoms with Crippen LogP contribution in [0.2, 0.25) is 5.15 Å². The molecule has 2 N–H and O–H groups in total. The van der Waals surface area contributed by atoms with Crippen LogP contribution in [0.1, 0.15) is 18.4 Å². The Labute approximate surface area is 122 Å². The van der Waals surface area contributed by atoms with Gasteiger partial charge in [-0.2, -0.15) is 0 Å². The van der Waals surface area contributed by atoms with Gasteiger partial charge in [-0.15, -0.1) is 0 Å². The van der Waals surface area contributed by atoms with Crippen LogP contribution in [0.4, 0.5) is 4.79 Å². The zero-order valence-corrected chi connectivity index (χ0v) is 12.1. The van der Waals surface area contributed by atoms with E-state index in [0.717, 1.165) is 13.0 Å². The Hall–Kier alpha value is -1.53. The van der Waals surface area contributed by atoms with Gasteiger partial charge in [-0.25, -0.2) is 9.78 Å². The van der Waals surface area contributed by atoms with E-state index in [2.05, 4.69) is 20.4 Å². The molecule has 7 heteroatoms. The smallest absolute Gasteiger partial charge is 0.407 e. The minimum absolute atomic E-state index is 0.247. The Morgan fingerprint density at radius 1 is 1.65 bits per heavy atom. The fourth-order valence-corrected chi connectivity index (χ4v) is 2.18. The van der Waals surface area contributed by atoms with Gasteiger partial charge < -0.3 is 20.1 Å². The van der Waals surface area contributed by atoms with Crippen molar-refractivity contribution in [3.8, 4) is 5.75 Å². The molecule has 6 nitrogen and oxygen atoms in total. The van der Waals surface area contributed by atoms with Crippen LogP contribution in [-0.4, -0.2) is 37.4 Å². The minimum Gasteiger partial charge on any atom is -0.490 e. The number of methoxy groups -OCH3 is 1. The van der Waals surface area contributed by atoms with E-state index in [1.54, 1.807) is 12.3 Å². The van der Waals surface area contributed by atoms with E-state index >= 15 is 0 Å². The molecular weight excluding hydrogens is 282 g/mol. The molecule has 1 fully saturated rings. The fourth-order valence-electron chi connectivity index (χ4n) is 2.01. The summed E-state index contributed by atoms with van der Waals surface area (Å²) in [5, 5.41) is 6.26. The van der Waals surface area contributed by atoms with Crippen LogP contribution in [0, 0.1) is 0 Å². The van der Waals surface area contributed by atoms with E-state index in [4.69, 9.17) is 16.3 Å². The van der Waals surface area contributed by atoms with Crippen molar-refractivity contribution in [1.82, 2.24) is 15.6 Å². The number of carbonyl (C=O) groups is 1.